The summed E-state index contributed by atoms with van der Waals surface area (Å²) in [5.74, 6) is 0. The van der Waals surface area contributed by atoms with Crippen molar-refractivity contribution in [2.45, 2.75) is 38.3 Å². The third-order valence-electron chi connectivity index (χ3n) is 3.39. The van der Waals surface area contributed by atoms with Crippen LogP contribution in [0.5, 0.6) is 0 Å². The highest BCUT2D eigenvalue weighted by atomic mass is 15.2. The van der Waals surface area contributed by atoms with Crippen molar-refractivity contribution in [1.82, 2.24) is 9.80 Å². The zero-order valence-corrected chi connectivity index (χ0v) is 10.5. The third-order valence-corrected chi connectivity index (χ3v) is 3.39. The number of nitriles is 1. The second-order valence-electron chi connectivity index (χ2n) is 4.74. The van der Waals surface area contributed by atoms with Crippen LogP contribution in [0.15, 0.2) is 0 Å². The molecule has 16 heavy (non-hydrogen) atoms. The summed E-state index contributed by atoms with van der Waals surface area (Å²) in [6.07, 6.45) is 3.18. The summed E-state index contributed by atoms with van der Waals surface area (Å²) in [5.41, 5.74) is 5.65. The molecule has 2 N–H and O–H groups in total. The molecule has 0 amide bonds. The number of nitrogens with zero attached hydrogens (tertiary/aromatic N) is 3. The second kappa shape index (κ2) is 6.85. The molecule has 0 spiro atoms. The molecule has 0 saturated carbocycles. The average Bonchev–Trinajstić information content (AvgIpc) is 2.47. The van der Waals surface area contributed by atoms with Gasteiger partial charge in [0.05, 0.1) is 12.1 Å². The minimum absolute atomic E-state index is 0.307. The fourth-order valence-electron chi connectivity index (χ4n) is 2.34. The van der Waals surface area contributed by atoms with Crippen molar-refractivity contribution in [1.29, 1.82) is 5.26 Å². The molecule has 2 unspecified atom stereocenters. The molecule has 0 aromatic heterocycles. The predicted octanol–water partition coefficient (Wildman–Crippen LogP) is 0.643. The molecule has 1 rings (SSSR count). The lowest BCUT2D eigenvalue weighted by molar-refractivity contribution is 0.180. The maximum absolute atomic E-state index is 8.68. The quantitative estimate of drug-likeness (QED) is 0.761. The van der Waals surface area contributed by atoms with Crippen molar-refractivity contribution in [2.75, 3.05) is 33.2 Å². The van der Waals surface area contributed by atoms with Crippen LogP contribution in [0, 0.1) is 11.3 Å². The van der Waals surface area contributed by atoms with Crippen LogP contribution >= 0.6 is 0 Å². The molecule has 0 aliphatic carbocycles. The smallest absolute Gasteiger partial charge is 0.0940 e. The largest absolute Gasteiger partial charge is 0.316 e. The molecule has 0 aromatic carbocycles. The van der Waals surface area contributed by atoms with Gasteiger partial charge in [0.1, 0.15) is 0 Å². The molecule has 1 heterocycles. The van der Waals surface area contributed by atoms with E-state index >= 15 is 0 Å². The minimum atomic E-state index is -0.307. The van der Waals surface area contributed by atoms with Crippen LogP contribution in [0.3, 0.4) is 0 Å². The van der Waals surface area contributed by atoms with Crippen molar-refractivity contribution >= 4 is 0 Å². The Balaban J connectivity index is 2.45. The Kier molecular flexibility index (Phi) is 5.75. The van der Waals surface area contributed by atoms with E-state index in [1.165, 1.54) is 19.4 Å². The van der Waals surface area contributed by atoms with Gasteiger partial charge in [-0.3, -0.25) is 4.90 Å². The predicted molar refractivity (Wildman–Crippen MR) is 66.0 cm³/mol. The van der Waals surface area contributed by atoms with Gasteiger partial charge in [-0.1, -0.05) is 6.92 Å². The molecule has 1 saturated heterocycles. The molecule has 0 aromatic rings. The van der Waals surface area contributed by atoms with Gasteiger partial charge in [0.15, 0.2) is 0 Å². The van der Waals surface area contributed by atoms with E-state index in [-0.39, 0.29) is 6.04 Å². The normalized spacial score (nSPS) is 26.0. The fraction of sp³-hybridized carbons (Fsp3) is 0.917. The number of likely N-dealkylation sites (N-methyl/N-ethyl adjacent to an activating group) is 1. The molecule has 1 aliphatic heterocycles. The third kappa shape index (κ3) is 4.09. The van der Waals surface area contributed by atoms with E-state index in [1.54, 1.807) is 0 Å². The molecule has 1 fully saturated rings. The van der Waals surface area contributed by atoms with Crippen molar-refractivity contribution in [3.8, 4) is 6.07 Å². The SMILES string of the molecule is CCC1CN(C)CCCN1CCC(N)C#N. The first-order valence-corrected chi connectivity index (χ1v) is 6.25. The highest BCUT2D eigenvalue weighted by Gasteiger charge is 2.21. The van der Waals surface area contributed by atoms with Gasteiger partial charge in [-0.25, -0.2) is 0 Å². The van der Waals surface area contributed by atoms with E-state index in [4.69, 9.17) is 11.0 Å². The lowest BCUT2D eigenvalue weighted by Gasteiger charge is -2.30. The summed E-state index contributed by atoms with van der Waals surface area (Å²) in [6, 6.07) is 2.42. The van der Waals surface area contributed by atoms with Gasteiger partial charge in [0.25, 0.3) is 0 Å². The molecule has 0 bridgehead atoms. The maximum Gasteiger partial charge on any atom is 0.0940 e. The van der Waals surface area contributed by atoms with Gasteiger partial charge >= 0.3 is 0 Å². The van der Waals surface area contributed by atoms with Gasteiger partial charge < -0.3 is 10.6 Å². The lowest BCUT2D eigenvalue weighted by Crippen LogP contribution is -2.41. The monoisotopic (exact) mass is 224 g/mol. The van der Waals surface area contributed by atoms with Gasteiger partial charge in [0.2, 0.25) is 0 Å². The van der Waals surface area contributed by atoms with Crippen molar-refractivity contribution in [3.05, 3.63) is 0 Å². The number of hydrogen-bond acceptors (Lipinski definition) is 4. The van der Waals surface area contributed by atoms with Crippen molar-refractivity contribution in [3.63, 3.8) is 0 Å². The van der Waals surface area contributed by atoms with Gasteiger partial charge in [-0.05, 0) is 39.4 Å². The van der Waals surface area contributed by atoms with E-state index in [1.807, 2.05) is 0 Å². The fourth-order valence-corrected chi connectivity index (χ4v) is 2.34. The van der Waals surface area contributed by atoms with Crippen molar-refractivity contribution < 1.29 is 0 Å². The number of rotatable bonds is 4. The molecule has 4 nitrogen and oxygen atoms in total. The Morgan fingerprint density at radius 1 is 1.50 bits per heavy atom. The first-order chi connectivity index (χ1) is 7.67. The molecule has 92 valence electrons. The maximum atomic E-state index is 8.68. The van der Waals surface area contributed by atoms with E-state index in [0.29, 0.717) is 6.04 Å². The molecule has 2 atom stereocenters. The molecule has 1 aliphatic rings. The van der Waals surface area contributed by atoms with Crippen LogP contribution < -0.4 is 5.73 Å². The summed E-state index contributed by atoms with van der Waals surface area (Å²) < 4.78 is 0. The van der Waals surface area contributed by atoms with Crippen LogP contribution in [-0.2, 0) is 0 Å². The zero-order valence-electron chi connectivity index (χ0n) is 10.5. The van der Waals surface area contributed by atoms with Crippen LogP contribution in [-0.4, -0.2) is 55.1 Å². The van der Waals surface area contributed by atoms with Gasteiger partial charge in [0, 0.05) is 19.1 Å². The first-order valence-electron chi connectivity index (χ1n) is 6.25. The molecule has 4 heteroatoms. The summed E-state index contributed by atoms with van der Waals surface area (Å²) in [5, 5.41) is 8.68. The number of nitrogens with two attached hydrogens (primary N) is 1. The van der Waals surface area contributed by atoms with E-state index in [0.717, 1.165) is 26.1 Å². The topological polar surface area (TPSA) is 56.3 Å². The van der Waals surface area contributed by atoms with Crippen LogP contribution in [0.4, 0.5) is 0 Å². The Labute approximate surface area is 99.0 Å². The zero-order chi connectivity index (χ0) is 12.0. The second-order valence-corrected chi connectivity index (χ2v) is 4.74. The molecule has 0 radical (unpaired) electrons. The van der Waals surface area contributed by atoms with Gasteiger partial charge in [-0.2, -0.15) is 5.26 Å². The highest BCUT2D eigenvalue weighted by Crippen LogP contribution is 2.12. The van der Waals surface area contributed by atoms with Gasteiger partial charge in [-0.15, -0.1) is 0 Å². The Bertz CT molecular complexity index is 236. The summed E-state index contributed by atoms with van der Waals surface area (Å²) in [7, 11) is 2.19. The summed E-state index contributed by atoms with van der Waals surface area (Å²) >= 11 is 0. The molecular formula is C12H24N4. The lowest BCUT2D eigenvalue weighted by atomic mass is 10.1. The standard InChI is InChI=1S/C12H24N4/c1-3-12-10-15(2)6-4-7-16(12)8-5-11(14)9-13/h11-12H,3-8,10,14H2,1-2H3. The van der Waals surface area contributed by atoms with Crippen LogP contribution in [0.2, 0.25) is 0 Å². The first kappa shape index (κ1) is 13.4. The Morgan fingerprint density at radius 2 is 2.25 bits per heavy atom. The minimum Gasteiger partial charge on any atom is -0.316 e. The van der Waals surface area contributed by atoms with E-state index < -0.39 is 0 Å². The summed E-state index contributed by atoms with van der Waals surface area (Å²) in [6.45, 7) is 6.65. The van der Waals surface area contributed by atoms with Crippen molar-refractivity contribution in [2.24, 2.45) is 5.73 Å². The Morgan fingerprint density at radius 3 is 2.88 bits per heavy atom. The highest BCUT2D eigenvalue weighted by molar-refractivity contribution is 4.88. The summed E-state index contributed by atoms with van der Waals surface area (Å²) in [4.78, 5) is 4.90. The van der Waals surface area contributed by atoms with E-state index in [9.17, 15) is 0 Å². The van der Waals surface area contributed by atoms with Crippen LogP contribution in [0.25, 0.3) is 0 Å². The van der Waals surface area contributed by atoms with E-state index in [2.05, 4.69) is 29.8 Å². The van der Waals surface area contributed by atoms with Crippen LogP contribution in [0.1, 0.15) is 26.2 Å². The Hall–Kier alpha value is -0.630. The number of hydrogen-bond donors (Lipinski definition) is 1. The average molecular weight is 224 g/mol. The molecular weight excluding hydrogens is 200 g/mol.